The Morgan fingerprint density at radius 3 is 2.64 bits per heavy atom. The Balaban J connectivity index is 2.31. The molecule has 0 saturated heterocycles. The maximum absolute atomic E-state index is 5.45. The lowest BCUT2D eigenvalue weighted by molar-refractivity contribution is 0.552. The predicted molar refractivity (Wildman–Crippen MR) is 49.9 cm³/mol. The number of nitrogens with one attached hydrogen (secondary N) is 1. The number of hydrogen-bond acceptors (Lipinski definition) is 5. The van der Waals surface area contributed by atoms with Crippen LogP contribution in [-0.4, -0.2) is 9.97 Å². The molecule has 0 fully saturated rings. The first kappa shape index (κ1) is 8.86. The molecule has 1 atom stereocenters. The van der Waals surface area contributed by atoms with E-state index < -0.39 is 0 Å². The van der Waals surface area contributed by atoms with Gasteiger partial charge in [0.1, 0.15) is 6.33 Å². The molecule has 0 aromatic carbocycles. The highest BCUT2D eigenvalue weighted by atomic mass is 16.3. The Morgan fingerprint density at radius 2 is 2.07 bits per heavy atom. The minimum Gasteiger partial charge on any atom is -0.472 e. The van der Waals surface area contributed by atoms with Crippen LogP contribution in [0.4, 0.5) is 0 Å². The van der Waals surface area contributed by atoms with Gasteiger partial charge < -0.3 is 4.42 Å². The van der Waals surface area contributed by atoms with Gasteiger partial charge in [0.15, 0.2) is 0 Å². The number of furan rings is 1. The van der Waals surface area contributed by atoms with Crippen LogP contribution in [0, 0.1) is 0 Å². The molecule has 0 aliphatic carbocycles. The molecule has 0 bridgehead atoms. The lowest BCUT2D eigenvalue weighted by Gasteiger charge is -2.12. The van der Waals surface area contributed by atoms with Crippen molar-refractivity contribution < 1.29 is 4.42 Å². The molecule has 2 rings (SSSR count). The summed E-state index contributed by atoms with van der Waals surface area (Å²) in [5, 5.41) is 0. The van der Waals surface area contributed by atoms with Crippen LogP contribution in [0.1, 0.15) is 17.2 Å². The number of nitrogens with zero attached hydrogens (tertiary/aromatic N) is 2. The number of rotatable bonds is 3. The fourth-order valence-corrected chi connectivity index (χ4v) is 1.28. The Hall–Kier alpha value is -1.72. The summed E-state index contributed by atoms with van der Waals surface area (Å²) in [6.07, 6.45) is 8.14. The molecule has 2 aromatic heterocycles. The number of aromatic nitrogens is 2. The zero-order valence-electron chi connectivity index (χ0n) is 7.42. The van der Waals surface area contributed by atoms with Crippen molar-refractivity contribution in [1.82, 2.24) is 15.4 Å². The molecule has 5 heteroatoms. The van der Waals surface area contributed by atoms with E-state index in [-0.39, 0.29) is 6.04 Å². The van der Waals surface area contributed by atoms with Crippen LogP contribution in [-0.2, 0) is 0 Å². The van der Waals surface area contributed by atoms with Crippen LogP contribution in [0.5, 0.6) is 0 Å². The van der Waals surface area contributed by atoms with E-state index in [9.17, 15) is 0 Å². The van der Waals surface area contributed by atoms with E-state index in [2.05, 4.69) is 15.4 Å². The summed E-state index contributed by atoms with van der Waals surface area (Å²) in [6.45, 7) is 0. The summed E-state index contributed by atoms with van der Waals surface area (Å²) < 4.78 is 4.98. The van der Waals surface area contributed by atoms with Gasteiger partial charge in [0.2, 0.25) is 0 Å². The first-order valence-corrected chi connectivity index (χ1v) is 4.15. The van der Waals surface area contributed by atoms with Crippen LogP contribution in [0.3, 0.4) is 0 Å². The van der Waals surface area contributed by atoms with E-state index in [0.717, 1.165) is 11.1 Å². The Bertz CT molecular complexity index is 373. The van der Waals surface area contributed by atoms with E-state index in [1.54, 1.807) is 24.9 Å². The summed E-state index contributed by atoms with van der Waals surface area (Å²) >= 11 is 0. The molecule has 0 saturated carbocycles. The molecule has 2 heterocycles. The van der Waals surface area contributed by atoms with E-state index in [1.165, 1.54) is 6.33 Å². The number of hydrazine groups is 1. The third kappa shape index (κ3) is 1.63. The van der Waals surface area contributed by atoms with Gasteiger partial charge in [-0.15, -0.1) is 0 Å². The molecule has 2 aromatic rings. The normalized spacial score (nSPS) is 12.6. The van der Waals surface area contributed by atoms with Gasteiger partial charge in [0.25, 0.3) is 0 Å². The van der Waals surface area contributed by atoms with Gasteiger partial charge in [-0.3, -0.25) is 5.84 Å². The molecule has 3 N–H and O–H groups in total. The zero-order valence-corrected chi connectivity index (χ0v) is 7.42. The van der Waals surface area contributed by atoms with Gasteiger partial charge in [-0.1, -0.05) is 0 Å². The molecule has 72 valence electrons. The molecule has 0 aliphatic heterocycles. The van der Waals surface area contributed by atoms with Crippen molar-refractivity contribution in [1.29, 1.82) is 0 Å². The summed E-state index contributed by atoms with van der Waals surface area (Å²) in [4.78, 5) is 7.85. The SMILES string of the molecule is NNC(c1cncnc1)c1ccoc1. The van der Waals surface area contributed by atoms with Crippen LogP contribution >= 0.6 is 0 Å². The van der Waals surface area contributed by atoms with Crippen molar-refractivity contribution in [3.8, 4) is 0 Å². The average Bonchev–Trinajstić information content (AvgIpc) is 2.74. The van der Waals surface area contributed by atoms with Crippen molar-refractivity contribution in [2.24, 2.45) is 5.84 Å². The lowest BCUT2D eigenvalue weighted by atomic mass is 10.1. The van der Waals surface area contributed by atoms with Gasteiger partial charge in [-0.05, 0) is 6.07 Å². The molecule has 5 nitrogen and oxygen atoms in total. The highest BCUT2D eigenvalue weighted by molar-refractivity contribution is 5.24. The van der Waals surface area contributed by atoms with E-state index >= 15 is 0 Å². The second kappa shape index (κ2) is 3.99. The Labute approximate surface area is 80.9 Å². The predicted octanol–water partition coefficient (Wildman–Crippen LogP) is 0.622. The van der Waals surface area contributed by atoms with Crippen molar-refractivity contribution in [2.75, 3.05) is 0 Å². The van der Waals surface area contributed by atoms with Crippen molar-refractivity contribution >= 4 is 0 Å². The van der Waals surface area contributed by atoms with Gasteiger partial charge in [0, 0.05) is 23.5 Å². The Morgan fingerprint density at radius 1 is 1.29 bits per heavy atom. The fourth-order valence-electron chi connectivity index (χ4n) is 1.28. The molecule has 14 heavy (non-hydrogen) atoms. The van der Waals surface area contributed by atoms with Crippen LogP contribution in [0.15, 0.2) is 41.7 Å². The van der Waals surface area contributed by atoms with Crippen molar-refractivity contribution in [2.45, 2.75) is 6.04 Å². The molecule has 0 amide bonds. The van der Waals surface area contributed by atoms with Crippen molar-refractivity contribution in [3.63, 3.8) is 0 Å². The summed E-state index contributed by atoms with van der Waals surface area (Å²) in [5.41, 5.74) is 4.53. The monoisotopic (exact) mass is 190 g/mol. The first-order valence-electron chi connectivity index (χ1n) is 4.15. The second-order valence-electron chi connectivity index (χ2n) is 2.83. The average molecular weight is 190 g/mol. The maximum atomic E-state index is 5.45. The van der Waals surface area contributed by atoms with Crippen molar-refractivity contribution in [3.05, 3.63) is 48.4 Å². The summed E-state index contributed by atoms with van der Waals surface area (Å²) in [6, 6.07) is 1.72. The smallest absolute Gasteiger partial charge is 0.115 e. The minimum atomic E-state index is -0.130. The van der Waals surface area contributed by atoms with Crippen LogP contribution in [0.2, 0.25) is 0 Å². The Kier molecular flexibility index (Phi) is 2.53. The lowest BCUT2D eigenvalue weighted by Crippen LogP contribution is -2.28. The first-order chi connectivity index (χ1) is 6.92. The number of nitrogens with two attached hydrogens (primary N) is 1. The standard InChI is InChI=1S/C9H10N4O/c10-13-9(7-1-2-14-5-7)8-3-11-6-12-4-8/h1-6,9,13H,10H2. The van der Waals surface area contributed by atoms with Gasteiger partial charge >= 0.3 is 0 Å². The molecule has 0 spiro atoms. The number of hydrogen-bond donors (Lipinski definition) is 2. The van der Waals surface area contributed by atoms with Gasteiger partial charge in [0.05, 0.1) is 18.6 Å². The van der Waals surface area contributed by atoms with E-state index in [0.29, 0.717) is 0 Å². The summed E-state index contributed by atoms with van der Waals surface area (Å²) in [7, 11) is 0. The third-order valence-corrected chi connectivity index (χ3v) is 1.96. The highest BCUT2D eigenvalue weighted by Crippen LogP contribution is 2.19. The van der Waals surface area contributed by atoms with Gasteiger partial charge in [-0.2, -0.15) is 0 Å². The largest absolute Gasteiger partial charge is 0.472 e. The van der Waals surface area contributed by atoms with Gasteiger partial charge in [-0.25, -0.2) is 15.4 Å². The van der Waals surface area contributed by atoms with Crippen LogP contribution in [0.25, 0.3) is 0 Å². The maximum Gasteiger partial charge on any atom is 0.115 e. The third-order valence-electron chi connectivity index (χ3n) is 1.96. The van der Waals surface area contributed by atoms with E-state index in [4.69, 9.17) is 10.3 Å². The topological polar surface area (TPSA) is 77.0 Å². The molecular formula is C9H10N4O. The molecule has 1 unspecified atom stereocenters. The van der Waals surface area contributed by atoms with Crippen LogP contribution < -0.4 is 11.3 Å². The zero-order chi connectivity index (χ0) is 9.80. The molecular weight excluding hydrogens is 180 g/mol. The second-order valence-corrected chi connectivity index (χ2v) is 2.83. The summed E-state index contributed by atoms with van der Waals surface area (Å²) in [5.74, 6) is 5.45. The quantitative estimate of drug-likeness (QED) is 0.548. The minimum absolute atomic E-state index is 0.130. The molecule has 0 radical (unpaired) electrons. The van der Waals surface area contributed by atoms with E-state index in [1.807, 2.05) is 6.07 Å². The fraction of sp³-hybridized carbons (Fsp3) is 0.111. The highest BCUT2D eigenvalue weighted by Gasteiger charge is 2.13. The molecule has 0 aliphatic rings.